The lowest BCUT2D eigenvalue weighted by molar-refractivity contribution is 0.199. The zero-order valence-electron chi connectivity index (χ0n) is 15.3. The van der Waals surface area contributed by atoms with Crippen molar-refractivity contribution in [2.24, 2.45) is 0 Å². The van der Waals surface area contributed by atoms with Crippen molar-refractivity contribution in [1.29, 1.82) is 0 Å². The number of likely N-dealkylation sites (tertiary alicyclic amines) is 1. The number of piperidine rings is 1. The van der Waals surface area contributed by atoms with E-state index in [2.05, 4.69) is 25.9 Å². The largest absolute Gasteiger partial charge is 0.341 e. The Balaban J connectivity index is 1.45. The standard InChI is InChI=1S/C20H24N6/c1-14-11-18(20-22-12-15(2)24-20)25-19(23-14)16-6-9-26(10-7-16)13-17-5-3-4-8-21-17/h3-5,8,11-12,16H,6-7,9-10,13H2,1-2H3,(H,22,24). The van der Waals surface area contributed by atoms with Crippen molar-refractivity contribution in [3.63, 3.8) is 0 Å². The van der Waals surface area contributed by atoms with Crippen LogP contribution in [0.4, 0.5) is 0 Å². The number of hydrogen-bond acceptors (Lipinski definition) is 5. The van der Waals surface area contributed by atoms with Gasteiger partial charge in [-0.2, -0.15) is 0 Å². The number of rotatable bonds is 4. The van der Waals surface area contributed by atoms with Crippen LogP contribution in [-0.2, 0) is 6.54 Å². The van der Waals surface area contributed by atoms with E-state index < -0.39 is 0 Å². The Bertz CT molecular complexity index is 865. The third-order valence-corrected chi connectivity index (χ3v) is 4.88. The first-order valence-corrected chi connectivity index (χ1v) is 9.17. The van der Waals surface area contributed by atoms with Gasteiger partial charge in [-0.15, -0.1) is 0 Å². The van der Waals surface area contributed by atoms with E-state index in [1.807, 2.05) is 44.4 Å². The maximum absolute atomic E-state index is 4.81. The van der Waals surface area contributed by atoms with Crippen molar-refractivity contribution < 1.29 is 0 Å². The molecular formula is C20H24N6. The predicted molar refractivity (Wildman–Crippen MR) is 101 cm³/mol. The quantitative estimate of drug-likeness (QED) is 0.784. The van der Waals surface area contributed by atoms with Crippen molar-refractivity contribution >= 4 is 0 Å². The molecule has 0 saturated carbocycles. The van der Waals surface area contributed by atoms with E-state index in [4.69, 9.17) is 9.97 Å². The van der Waals surface area contributed by atoms with E-state index in [0.29, 0.717) is 5.92 Å². The van der Waals surface area contributed by atoms with Gasteiger partial charge in [-0.1, -0.05) is 6.07 Å². The molecule has 1 saturated heterocycles. The predicted octanol–water partition coefficient (Wildman–Crippen LogP) is 3.26. The Kier molecular flexibility index (Phi) is 4.75. The van der Waals surface area contributed by atoms with Crippen molar-refractivity contribution in [1.82, 2.24) is 29.8 Å². The van der Waals surface area contributed by atoms with Gasteiger partial charge in [0.1, 0.15) is 11.5 Å². The lowest BCUT2D eigenvalue weighted by atomic mass is 9.95. The van der Waals surface area contributed by atoms with Crippen molar-refractivity contribution in [3.8, 4) is 11.5 Å². The highest BCUT2D eigenvalue weighted by molar-refractivity contribution is 5.50. The first-order chi connectivity index (χ1) is 12.7. The topological polar surface area (TPSA) is 70.6 Å². The molecule has 0 radical (unpaired) electrons. The van der Waals surface area contributed by atoms with Crippen LogP contribution in [0, 0.1) is 13.8 Å². The molecule has 0 spiro atoms. The molecule has 3 aromatic rings. The van der Waals surface area contributed by atoms with Crippen LogP contribution < -0.4 is 0 Å². The smallest absolute Gasteiger partial charge is 0.156 e. The summed E-state index contributed by atoms with van der Waals surface area (Å²) in [6.45, 7) is 7.05. The Morgan fingerprint density at radius 3 is 2.65 bits per heavy atom. The second-order valence-electron chi connectivity index (χ2n) is 7.04. The average molecular weight is 348 g/mol. The van der Waals surface area contributed by atoms with E-state index >= 15 is 0 Å². The molecule has 0 atom stereocenters. The van der Waals surface area contributed by atoms with Crippen LogP contribution in [0.1, 0.15) is 41.7 Å². The Labute approximate surface area is 153 Å². The molecule has 1 fully saturated rings. The summed E-state index contributed by atoms with van der Waals surface area (Å²) >= 11 is 0. The molecule has 0 unspecified atom stereocenters. The van der Waals surface area contributed by atoms with Crippen molar-refractivity contribution in [2.75, 3.05) is 13.1 Å². The molecule has 1 aliphatic rings. The summed E-state index contributed by atoms with van der Waals surface area (Å²) in [7, 11) is 0. The van der Waals surface area contributed by atoms with E-state index in [9.17, 15) is 0 Å². The highest BCUT2D eigenvalue weighted by atomic mass is 15.1. The summed E-state index contributed by atoms with van der Waals surface area (Å²) in [5.41, 5.74) is 4.06. The molecule has 1 aliphatic heterocycles. The summed E-state index contributed by atoms with van der Waals surface area (Å²) in [5.74, 6) is 2.18. The fourth-order valence-electron chi connectivity index (χ4n) is 3.51. The van der Waals surface area contributed by atoms with Gasteiger partial charge < -0.3 is 4.98 Å². The number of imidazole rings is 1. The number of pyridine rings is 1. The minimum absolute atomic E-state index is 0.407. The van der Waals surface area contributed by atoms with Gasteiger partial charge in [-0.05, 0) is 58.0 Å². The highest BCUT2D eigenvalue weighted by Crippen LogP contribution is 2.28. The lowest BCUT2D eigenvalue weighted by Gasteiger charge is -2.31. The molecular weight excluding hydrogens is 324 g/mol. The summed E-state index contributed by atoms with van der Waals surface area (Å²) < 4.78 is 0. The summed E-state index contributed by atoms with van der Waals surface area (Å²) in [4.78, 5) is 24.1. The second kappa shape index (κ2) is 7.33. The maximum atomic E-state index is 4.81. The fraction of sp³-hybridized carbons (Fsp3) is 0.400. The number of H-pyrrole nitrogens is 1. The fourth-order valence-corrected chi connectivity index (χ4v) is 3.51. The molecule has 6 heteroatoms. The zero-order chi connectivity index (χ0) is 17.9. The van der Waals surface area contributed by atoms with Gasteiger partial charge in [-0.3, -0.25) is 9.88 Å². The summed E-state index contributed by atoms with van der Waals surface area (Å²) in [5, 5.41) is 0. The van der Waals surface area contributed by atoms with Crippen LogP contribution in [-0.4, -0.2) is 42.9 Å². The van der Waals surface area contributed by atoms with Crippen LogP contribution in [0.3, 0.4) is 0 Å². The molecule has 4 rings (SSSR count). The van der Waals surface area contributed by atoms with Crippen molar-refractivity contribution in [3.05, 3.63) is 59.6 Å². The normalized spacial score (nSPS) is 16.1. The Hall–Kier alpha value is -2.60. The minimum atomic E-state index is 0.407. The molecule has 6 nitrogen and oxygen atoms in total. The summed E-state index contributed by atoms with van der Waals surface area (Å²) in [6.07, 6.45) is 5.85. The molecule has 4 heterocycles. The van der Waals surface area contributed by atoms with E-state index in [1.54, 1.807) is 0 Å². The number of hydrogen-bond donors (Lipinski definition) is 1. The third-order valence-electron chi connectivity index (χ3n) is 4.88. The van der Waals surface area contributed by atoms with Gasteiger partial charge >= 0.3 is 0 Å². The Morgan fingerprint density at radius 1 is 1.12 bits per heavy atom. The highest BCUT2D eigenvalue weighted by Gasteiger charge is 2.24. The zero-order valence-corrected chi connectivity index (χ0v) is 15.3. The Morgan fingerprint density at radius 2 is 1.96 bits per heavy atom. The van der Waals surface area contributed by atoms with Crippen LogP contribution in [0.15, 0.2) is 36.7 Å². The number of nitrogens with zero attached hydrogens (tertiary/aromatic N) is 5. The van der Waals surface area contributed by atoms with E-state index in [-0.39, 0.29) is 0 Å². The number of aromatic nitrogens is 5. The van der Waals surface area contributed by atoms with E-state index in [1.165, 1.54) is 0 Å². The van der Waals surface area contributed by atoms with Crippen LogP contribution in [0.5, 0.6) is 0 Å². The number of aromatic amines is 1. The van der Waals surface area contributed by atoms with Gasteiger partial charge in [0.25, 0.3) is 0 Å². The minimum Gasteiger partial charge on any atom is -0.341 e. The van der Waals surface area contributed by atoms with Crippen LogP contribution in [0.2, 0.25) is 0 Å². The third kappa shape index (κ3) is 3.80. The monoisotopic (exact) mass is 348 g/mol. The summed E-state index contributed by atoms with van der Waals surface area (Å²) in [6, 6.07) is 8.10. The average Bonchev–Trinajstić information content (AvgIpc) is 3.09. The second-order valence-corrected chi connectivity index (χ2v) is 7.04. The molecule has 26 heavy (non-hydrogen) atoms. The van der Waals surface area contributed by atoms with Gasteiger partial charge in [0, 0.05) is 36.2 Å². The van der Waals surface area contributed by atoms with Gasteiger partial charge in [0.15, 0.2) is 5.82 Å². The SMILES string of the molecule is Cc1cc(-c2ncc(C)[nH]2)nc(C2CCN(Cc3ccccn3)CC2)n1. The number of aryl methyl sites for hydroxylation is 2. The number of nitrogens with one attached hydrogen (secondary N) is 1. The van der Waals surface area contributed by atoms with Crippen LogP contribution >= 0.6 is 0 Å². The molecule has 0 bridgehead atoms. The van der Waals surface area contributed by atoms with E-state index in [0.717, 1.165) is 66.9 Å². The first-order valence-electron chi connectivity index (χ1n) is 9.17. The molecule has 3 aromatic heterocycles. The molecule has 1 N–H and O–H groups in total. The van der Waals surface area contributed by atoms with Gasteiger partial charge in [0.2, 0.25) is 0 Å². The molecule has 134 valence electrons. The maximum Gasteiger partial charge on any atom is 0.156 e. The van der Waals surface area contributed by atoms with Crippen LogP contribution in [0.25, 0.3) is 11.5 Å². The first kappa shape index (κ1) is 16.8. The van der Waals surface area contributed by atoms with Gasteiger partial charge in [0.05, 0.1) is 5.69 Å². The lowest BCUT2D eigenvalue weighted by Crippen LogP contribution is -2.33. The van der Waals surface area contributed by atoms with Gasteiger partial charge in [-0.25, -0.2) is 15.0 Å². The molecule has 0 aliphatic carbocycles. The molecule has 0 aromatic carbocycles. The van der Waals surface area contributed by atoms with Crippen molar-refractivity contribution in [2.45, 2.75) is 39.2 Å². The molecule has 0 amide bonds.